The highest BCUT2D eigenvalue weighted by Crippen LogP contribution is 2.18. The molecule has 1 amide bonds. The number of carbonyl (C=O) groups is 1. The van der Waals surface area contributed by atoms with Crippen LogP contribution in [0.5, 0.6) is 0 Å². The van der Waals surface area contributed by atoms with Crippen LogP contribution in [-0.4, -0.2) is 28.6 Å². The molecule has 1 N–H and O–H groups in total. The number of nitrogens with zero attached hydrogens (tertiary/aromatic N) is 1. The Morgan fingerprint density at radius 1 is 1.29 bits per heavy atom. The SMILES string of the molecule is O=C1CC(O)CN1Cc1cc(F)c(F)c(F)c1. The second-order valence-electron chi connectivity index (χ2n) is 4.01. The molecule has 1 aromatic carbocycles. The van der Waals surface area contributed by atoms with Gasteiger partial charge in [0.1, 0.15) is 0 Å². The van der Waals surface area contributed by atoms with E-state index in [1.165, 1.54) is 4.90 Å². The third kappa shape index (κ3) is 2.41. The first-order valence-corrected chi connectivity index (χ1v) is 5.06. The summed E-state index contributed by atoms with van der Waals surface area (Å²) in [6.45, 7) is 0.0868. The van der Waals surface area contributed by atoms with Crippen LogP contribution in [0.2, 0.25) is 0 Å². The lowest BCUT2D eigenvalue weighted by atomic mass is 10.2. The summed E-state index contributed by atoms with van der Waals surface area (Å²) in [6, 6.07) is 1.69. The Kier molecular flexibility index (Phi) is 3.06. The third-order valence-electron chi connectivity index (χ3n) is 2.61. The van der Waals surface area contributed by atoms with E-state index in [1.54, 1.807) is 0 Å². The molecule has 1 aliphatic heterocycles. The smallest absolute Gasteiger partial charge is 0.225 e. The van der Waals surface area contributed by atoms with Gasteiger partial charge in [0.15, 0.2) is 17.5 Å². The molecule has 1 aromatic rings. The Labute approximate surface area is 95.5 Å². The summed E-state index contributed by atoms with van der Waals surface area (Å²) in [5, 5.41) is 9.23. The molecule has 0 saturated carbocycles. The lowest BCUT2D eigenvalue weighted by Gasteiger charge is -2.15. The van der Waals surface area contributed by atoms with E-state index in [0.29, 0.717) is 0 Å². The average Bonchev–Trinajstić information content (AvgIpc) is 2.54. The zero-order chi connectivity index (χ0) is 12.6. The number of halogens is 3. The second-order valence-corrected chi connectivity index (χ2v) is 4.01. The Hall–Kier alpha value is -1.56. The predicted octanol–water partition coefficient (Wildman–Crippen LogP) is 1.20. The van der Waals surface area contributed by atoms with Crippen molar-refractivity contribution in [3.8, 4) is 0 Å². The number of likely N-dealkylation sites (tertiary alicyclic amines) is 1. The molecule has 2 rings (SSSR count). The van der Waals surface area contributed by atoms with Crippen LogP contribution in [-0.2, 0) is 11.3 Å². The van der Waals surface area contributed by atoms with Gasteiger partial charge in [-0.25, -0.2) is 13.2 Å². The van der Waals surface area contributed by atoms with Gasteiger partial charge in [0, 0.05) is 13.1 Å². The number of benzene rings is 1. The van der Waals surface area contributed by atoms with Crippen LogP contribution in [0.1, 0.15) is 12.0 Å². The molecule has 1 aliphatic rings. The van der Waals surface area contributed by atoms with Crippen LogP contribution >= 0.6 is 0 Å². The molecular formula is C11H10F3NO2. The van der Waals surface area contributed by atoms with Gasteiger partial charge in [0.25, 0.3) is 0 Å². The summed E-state index contributed by atoms with van der Waals surface area (Å²) >= 11 is 0. The topological polar surface area (TPSA) is 40.5 Å². The van der Waals surface area contributed by atoms with Crippen molar-refractivity contribution in [3.05, 3.63) is 35.1 Å². The zero-order valence-electron chi connectivity index (χ0n) is 8.79. The number of aliphatic hydroxyl groups is 1. The molecule has 1 saturated heterocycles. The molecule has 0 aliphatic carbocycles. The number of carbonyl (C=O) groups excluding carboxylic acids is 1. The zero-order valence-corrected chi connectivity index (χ0v) is 8.79. The Morgan fingerprint density at radius 2 is 1.88 bits per heavy atom. The Balaban J connectivity index is 2.17. The van der Waals surface area contributed by atoms with Gasteiger partial charge in [-0.2, -0.15) is 0 Å². The van der Waals surface area contributed by atoms with Crippen molar-refractivity contribution in [2.45, 2.75) is 19.1 Å². The lowest BCUT2D eigenvalue weighted by Crippen LogP contribution is -2.25. The number of β-amino-alcohol motifs (C(OH)–C–C–N with tert-alkyl or cyclic N) is 1. The summed E-state index contributed by atoms with van der Waals surface area (Å²) in [6.07, 6.45) is -0.746. The first kappa shape index (κ1) is 11.9. The molecule has 0 spiro atoms. The molecule has 6 heteroatoms. The van der Waals surface area contributed by atoms with Gasteiger partial charge in [0.05, 0.1) is 12.5 Å². The van der Waals surface area contributed by atoms with Crippen LogP contribution in [0.4, 0.5) is 13.2 Å². The van der Waals surface area contributed by atoms with E-state index < -0.39 is 23.6 Å². The van der Waals surface area contributed by atoms with Crippen molar-refractivity contribution in [2.24, 2.45) is 0 Å². The molecule has 92 valence electrons. The van der Waals surface area contributed by atoms with E-state index >= 15 is 0 Å². The highest BCUT2D eigenvalue weighted by molar-refractivity contribution is 5.79. The average molecular weight is 245 g/mol. The summed E-state index contributed by atoms with van der Waals surface area (Å²) < 4.78 is 38.5. The first-order chi connectivity index (χ1) is 7.97. The van der Waals surface area contributed by atoms with Crippen molar-refractivity contribution in [2.75, 3.05) is 6.54 Å². The van der Waals surface area contributed by atoms with E-state index in [1.807, 2.05) is 0 Å². The van der Waals surface area contributed by atoms with E-state index in [0.717, 1.165) is 12.1 Å². The normalized spacial score (nSPS) is 20.1. The number of aliphatic hydroxyl groups excluding tert-OH is 1. The molecule has 0 radical (unpaired) electrons. The van der Waals surface area contributed by atoms with Crippen LogP contribution in [0.3, 0.4) is 0 Å². The van der Waals surface area contributed by atoms with Crippen molar-refractivity contribution in [3.63, 3.8) is 0 Å². The van der Waals surface area contributed by atoms with Gasteiger partial charge in [0.2, 0.25) is 5.91 Å². The van der Waals surface area contributed by atoms with Crippen molar-refractivity contribution in [1.29, 1.82) is 0 Å². The van der Waals surface area contributed by atoms with Gasteiger partial charge in [-0.1, -0.05) is 0 Å². The highest BCUT2D eigenvalue weighted by Gasteiger charge is 2.28. The molecule has 0 aromatic heterocycles. The maximum Gasteiger partial charge on any atom is 0.225 e. The quantitative estimate of drug-likeness (QED) is 0.795. The highest BCUT2D eigenvalue weighted by atomic mass is 19.2. The molecule has 3 nitrogen and oxygen atoms in total. The molecule has 1 fully saturated rings. The van der Waals surface area contributed by atoms with E-state index in [4.69, 9.17) is 0 Å². The van der Waals surface area contributed by atoms with Gasteiger partial charge < -0.3 is 10.0 Å². The van der Waals surface area contributed by atoms with E-state index in [9.17, 15) is 23.1 Å². The summed E-state index contributed by atoms with van der Waals surface area (Å²) in [4.78, 5) is 12.6. The minimum atomic E-state index is -1.53. The first-order valence-electron chi connectivity index (χ1n) is 5.06. The van der Waals surface area contributed by atoms with E-state index in [2.05, 4.69) is 0 Å². The number of amides is 1. The van der Waals surface area contributed by atoms with Crippen molar-refractivity contribution in [1.82, 2.24) is 4.90 Å². The van der Waals surface area contributed by atoms with Crippen LogP contribution < -0.4 is 0 Å². The number of rotatable bonds is 2. The fraction of sp³-hybridized carbons (Fsp3) is 0.364. The van der Waals surface area contributed by atoms with Gasteiger partial charge >= 0.3 is 0 Å². The monoisotopic (exact) mass is 245 g/mol. The molecule has 1 unspecified atom stereocenters. The lowest BCUT2D eigenvalue weighted by molar-refractivity contribution is -0.128. The van der Waals surface area contributed by atoms with Gasteiger partial charge in [-0.15, -0.1) is 0 Å². The maximum absolute atomic E-state index is 12.9. The largest absolute Gasteiger partial charge is 0.391 e. The maximum atomic E-state index is 12.9. The van der Waals surface area contributed by atoms with Gasteiger partial charge in [-0.3, -0.25) is 4.79 Å². The number of hydrogen-bond donors (Lipinski definition) is 1. The standard InChI is InChI=1S/C11H10F3NO2/c12-8-1-6(2-9(13)11(8)14)4-15-5-7(16)3-10(15)17/h1-2,7,16H,3-5H2. The minimum absolute atomic E-state index is 0.00611. The Bertz CT molecular complexity index is 441. The Morgan fingerprint density at radius 3 is 2.35 bits per heavy atom. The summed E-state index contributed by atoms with van der Waals surface area (Å²) in [7, 11) is 0. The second kappa shape index (κ2) is 4.37. The van der Waals surface area contributed by atoms with Gasteiger partial charge in [-0.05, 0) is 17.7 Å². The van der Waals surface area contributed by atoms with Crippen LogP contribution in [0.15, 0.2) is 12.1 Å². The summed E-state index contributed by atoms with van der Waals surface area (Å²) in [5.74, 6) is -4.39. The van der Waals surface area contributed by atoms with Crippen LogP contribution in [0, 0.1) is 17.5 Å². The predicted molar refractivity (Wildman–Crippen MR) is 52.4 cm³/mol. The fourth-order valence-electron chi connectivity index (χ4n) is 1.82. The molecular weight excluding hydrogens is 235 g/mol. The molecule has 17 heavy (non-hydrogen) atoms. The van der Waals surface area contributed by atoms with Crippen molar-refractivity contribution < 1.29 is 23.1 Å². The number of hydrogen-bond acceptors (Lipinski definition) is 2. The van der Waals surface area contributed by atoms with Crippen LogP contribution in [0.25, 0.3) is 0 Å². The van der Waals surface area contributed by atoms with Crippen molar-refractivity contribution >= 4 is 5.91 Å². The molecule has 1 heterocycles. The fourth-order valence-corrected chi connectivity index (χ4v) is 1.82. The molecule has 1 atom stereocenters. The third-order valence-corrected chi connectivity index (χ3v) is 2.61. The minimum Gasteiger partial charge on any atom is -0.391 e. The summed E-state index contributed by atoms with van der Waals surface area (Å²) in [5.41, 5.74) is 0.156. The van der Waals surface area contributed by atoms with E-state index in [-0.39, 0.29) is 31.0 Å². The molecule has 0 bridgehead atoms.